The second-order valence-corrected chi connectivity index (χ2v) is 5.63. The molecule has 1 aliphatic rings. The predicted octanol–water partition coefficient (Wildman–Crippen LogP) is 3.42. The monoisotopic (exact) mass is 253 g/mol. The van der Waals surface area contributed by atoms with E-state index in [0.717, 1.165) is 24.5 Å². The fourth-order valence-electron chi connectivity index (χ4n) is 2.24. The lowest BCUT2D eigenvalue weighted by atomic mass is 10.1. The molecular formula is C13H20ClN3. The van der Waals surface area contributed by atoms with Crippen molar-refractivity contribution in [3.63, 3.8) is 0 Å². The fourth-order valence-corrected chi connectivity index (χ4v) is 2.61. The van der Waals surface area contributed by atoms with Crippen LogP contribution in [0.1, 0.15) is 44.7 Å². The van der Waals surface area contributed by atoms with Gasteiger partial charge in [-0.15, -0.1) is 11.6 Å². The zero-order valence-corrected chi connectivity index (χ0v) is 11.2. The van der Waals surface area contributed by atoms with Crippen molar-refractivity contribution in [3.8, 4) is 0 Å². The van der Waals surface area contributed by atoms with E-state index < -0.39 is 0 Å². The van der Waals surface area contributed by atoms with Crippen molar-refractivity contribution in [2.24, 2.45) is 5.92 Å². The van der Waals surface area contributed by atoms with Crippen LogP contribution in [-0.4, -0.2) is 21.9 Å². The van der Waals surface area contributed by atoms with Gasteiger partial charge in [0.25, 0.3) is 0 Å². The van der Waals surface area contributed by atoms with Crippen molar-refractivity contribution in [2.45, 2.75) is 44.4 Å². The number of hydrogen-bond acceptors (Lipinski definition) is 3. The first-order valence-corrected chi connectivity index (χ1v) is 6.80. The number of hydrogen-bond donors (Lipinski definition) is 1. The van der Waals surface area contributed by atoms with Crippen LogP contribution in [0.2, 0.25) is 0 Å². The highest BCUT2D eigenvalue weighted by molar-refractivity contribution is 6.20. The minimum Gasteiger partial charge on any atom is -0.370 e. The van der Waals surface area contributed by atoms with Gasteiger partial charge in [-0.05, 0) is 24.7 Å². The summed E-state index contributed by atoms with van der Waals surface area (Å²) < 4.78 is 0. The molecule has 1 saturated carbocycles. The van der Waals surface area contributed by atoms with E-state index in [0.29, 0.717) is 17.2 Å². The van der Waals surface area contributed by atoms with Gasteiger partial charge in [-0.25, -0.2) is 9.97 Å². The van der Waals surface area contributed by atoms with Crippen LogP contribution in [0.4, 0.5) is 5.82 Å². The topological polar surface area (TPSA) is 37.8 Å². The first-order valence-electron chi connectivity index (χ1n) is 6.36. The third kappa shape index (κ3) is 3.32. The summed E-state index contributed by atoms with van der Waals surface area (Å²) in [5, 5.41) is 3.70. The van der Waals surface area contributed by atoms with Crippen molar-refractivity contribution >= 4 is 17.4 Å². The zero-order valence-electron chi connectivity index (χ0n) is 10.5. The molecule has 0 amide bonds. The van der Waals surface area contributed by atoms with E-state index in [-0.39, 0.29) is 0 Å². The van der Waals surface area contributed by atoms with E-state index in [4.69, 9.17) is 11.6 Å². The summed E-state index contributed by atoms with van der Waals surface area (Å²) >= 11 is 6.25. The van der Waals surface area contributed by atoms with Gasteiger partial charge in [0.1, 0.15) is 12.1 Å². The summed E-state index contributed by atoms with van der Waals surface area (Å²) in [6, 6.07) is 2.03. The van der Waals surface area contributed by atoms with Gasteiger partial charge in [-0.3, -0.25) is 0 Å². The van der Waals surface area contributed by atoms with Gasteiger partial charge in [0.05, 0.1) is 0 Å². The highest BCUT2D eigenvalue weighted by Gasteiger charge is 2.24. The summed E-state index contributed by atoms with van der Waals surface area (Å²) in [6.07, 6.45) is 5.25. The number of rotatable bonds is 4. The van der Waals surface area contributed by atoms with E-state index in [1.165, 1.54) is 12.8 Å². The molecule has 1 fully saturated rings. The molecule has 1 aromatic rings. The molecule has 0 radical (unpaired) electrons. The SMILES string of the molecule is CC(C)c1cc(NCC2CCCC2Cl)ncn1. The lowest BCUT2D eigenvalue weighted by molar-refractivity contribution is 0.585. The van der Waals surface area contributed by atoms with Crippen LogP contribution in [-0.2, 0) is 0 Å². The molecule has 4 heteroatoms. The van der Waals surface area contributed by atoms with Gasteiger partial charge in [0.15, 0.2) is 0 Å². The Labute approximate surface area is 108 Å². The van der Waals surface area contributed by atoms with Crippen molar-refractivity contribution in [3.05, 3.63) is 18.1 Å². The van der Waals surface area contributed by atoms with Crippen LogP contribution in [0, 0.1) is 5.92 Å². The van der Waals surface area contributed by atoms with Gasteiger partial charge in [0.2, 0.25) is 0 Å². The number of nitrogens with one attached hydrogen (secondary N) is 1. The van der Waals surface area contributed by atoms with Gasteiger partial charge in [0, 0.05) is 23.7 Å². The summed E-state index contributed by atoms with van der Waals surface area (Å²) in [7, 11) is 0. The first-order chi connectivity index (χ1) is 8.16. The lowest BCUT2D eigenvalue weighted by Crippen LogP contribution is -2.19. The first kappa shape index (κ1) is 12.6. The minimum atomic E-state index is 0.328. The average Bonchev–Trinajstić information content (AvgIpc) is 2.72. The number of anilines is 1. The molecule has 17 heavy (non-hydrogen) atoms. The molecule has 0 bridgehead atoms. The van der Waals surface area contributed by atoms with Crippen LogP contribution in [0.3, 0.4) is 0 Å². The Hall–Kier alpha value is -0.830. The number of halogens is 1. The molecule has 0 saturated heterocycles. The van der Waals surface area contributed by atoms with Crippen LogP contribution in [0.25, 0.3) is 0 Å². The number of nitrogens with zero attached hydrogens (tertiary/aromatic N) is 2. The molecule has 2 atom stereocenters. The Bertz CT molecular complexity index is 367. The summed E-state index contributed by atoms with van der Waals surface area (Å²) in [4.78, 5) is 8.50. The molecule has 3 nitrogen and oxygen atoms in total. The molecule has 1 aliphatic carbocycles. The predicted molar refractivity (Wildman–Crippen MR) is 71.6 cm³/mol. The van der Waals surface area contributed by atoms with Crippen molar-refractivity contribution in [2.75, 3.05) is 11.9 Å². The van der Waals surface area contributed by atoms with Crippen molar-refractivity contribution in [1.29, 1.82) is 0 Å². The van der Waals surface area contributed by atoms with E-state index in [9.17, 15) is 0 Å². The molecule has 0 spiro atoms. The summed E-state index contributed by atoms with van der Waals surface area (Å²) in [5.74, 6) is 1.93. The van der Waals surface area contributed by atoms with Gasteiger partial charge in [-0.1, -0.05) is 20.3 Å². The number of aromatic nitrogens is 2. The second kappa shape index (κ2) is 5.67. The Morgan fingerprint density at radius 3 is 2.88 bits per heavy atom. The van der Waals surface area contributed by atoms with Crippen molar-refractivity contribution < 1.29 is 0 Å². The average molecular weight is 254 g/mol. The molecule has 94 valence electrons. The normalized spacial score (nSPS) is 24.2. The van der Waals surface area contributed by atoms with E-state index in [1.54, 1.807) is 6.33 Å². The van der Waals surface area contributed by atoms with Crippen LogP contribution in [0.15, 0.2) is 12.4 Å². The lowest BCUT2D eigenvalue weighted by Gasteiger charge is -2.15. The van der Waals surface area contributed by atoms with Crippen LogP contribution in [0.5, 0.6) is 0 Å². The fraction of sp³-hybridized carbons (Fsp3) is 0.692. The van der Waals surface area contributed by atoms with Gasteiger partial charge < -0.3 is 5.32 Å². The molecule has 2 rings (SSSR count). The smallest absolute Gasteiger partial charge is 0.129 e. The van der Waals surface area contributed by atoms with Crippen LogP contribution >= 0.6 is 11.6 Å². The second-order valence-electron chi connectivity index (χ2n) is 5.07. The molecule has 1 N–H and O–H groups in total. The van der Waals surface area contributed by atoms with E-state index in [1.807, 2.05) is 6.07 Å². The Kier molecular flexibility index (Phi) is 4.21. The highest BCUT2D eigenvalue weighted by Crippen LogP contribution is 2.30. The van der Waals surface area contributed by atoms with E-state index >= 15 is 0 Å². The molecule has 1 heterocycles. The Balaban J connectivity index is 1.92. The highest BCUT2D eigenvalue weighted by atomic mass is 35.5. The van der Waals surface area contributed by atoms with Crippen LogP contribution < -0.4 is 5.32 Å². The maximum Gasteiger partial charge on any atom is 0.129 e. The molecule has 1 aromatic heterocycles. The summed E-state index contributed by atoms with van der Waals surface area (Å²) in [5.41, 5.74) is 1.08. The maximum atomic E-state index is 6.25. The molecule has 0 aliphatic heterocycles. The minimum absolute atomic E-state index is 0.328. The quantitative estimate of drug-likeness (QED) is 0.836. The van der Waals surface area contributed by atoms with Gasteiger partial charge in [-0.2, -0.15) is 0 Å². The zero-order chi connectivity index (χ0) is 12.3. The molecule has 0 aromatic carbocycles. The third-order valence-electron chi connectivity index (χ3n) is 3.39. The largest absolute Gasteiger partial charge is 0.370 e. The molecule has 2 unspecified atom stereocenters. The van der Waals surface area contributed by atoms with Crippen molar-refractivity contribution in [1.82, 2.24) is 9.97 Å². The number of alkyl halides is 1. The Morgan fingerprint density at radius 2 is 2.24 bits per heavy atom. The maximum absolute atomic E-state index is 6.25. The molecular weight excluding hydrogens is 234 g/mol. The van der Waals surface area contributed by atoms with E-state index in [2.05, 4.69) is 29.1 Å². The third-order valence-corrected chi connectivity index (χ3v) is 3.97. The Morgan fingerprint density at radius 1 is 1.41 bits per heavy atom. The standard InChI is InChI=1S/C13H20ClN3/c1-9(2)12-6-13(17-8-16-12)15-7-10-4-3-5-11(10)14/h6,8-11H,3-5,7H2,1-2H3,(H,15,16,17). The summed E-state index contributed by atoms with van der Waals surface area (Å²) in [6.45, 7) is 5.19. The van der Waals surface area contributed by atoms with Gasteiger partial charge >= 0.3 is 0 Å².